The molecular weight excluding hydrogens is 989 g/mol. The summed E-state index contributed by atoms with van der Waals surface area (Å²) in [5.41, 5.74) is 6.06. The van der Waals surface area contributed by atoms with E-state index in [2.05, 4.69) is 19.9 Å². The van der Waals surface area contributed by atoms with Crippen LogP contribution in [-0.2, 0) is 66.1 Å². The molecule has 0 amide bonds. The van der Waals surface area contributed by atoms with Gasteiger partial charge in [-0.2, -0.15) is 8.61 Å². The molecule has 7 aromatic rings. The van der Waals surface area contributed by atoms with Crippen molar-refractivity contribution in [3.63, 3.8) is 0 Å². The molecule has 4 aromatic heterocycles. The average Bonchev–Trinajstić information content (AvgIpc) is 4.04. The molecular formula is C40H43Cl4N9O9S3. The number of halogens is 4. The lowest BCUT2D eigenvalue weighted by Crippen LogP contribution is -2.38. The summed E-state index contributed by atoms with van der Waals surface area (Å²) in [5, 5.41) is 10.1. The summed E-state index contributed by atoms with van der Waals surface area (Å²) < 4.78 is 92.9. The molecule has 25 heteroatoms. The molecule has 0 radical (unpaired) electrons. The number of hydrogen-bond acceptors (Lipinski definition) is 14. The van der Waals surface area contributed by atoms with Crippen LogP contribution in [0.5, 0.6) is 5.75 Å². The number of phenolic OH excluding ortho intramolecular Hbond substituents is 1. The summed E-state index contributed by atoms with van der Waals surface area (Å²) in [4.78, 5) is 16.4. The zero-order valence-electron chi connectivity index (χ0n) is 35.6. The van der Waals surface area contributed by atoms with E-state index in [1.54, 1.807) is 36.8 Å². The zero-order valence-corrected chi connectivity index (χ0v) is 41.1. The van der Waals surface area contributed by atoms with Crippen LogP contribution in [0.25, 0.3) is 22.2 Å². The molecule has 2 aliphatic rings. The molecule has 0 aliphatic carbocycles. The molecule has 0 bridgehead atoms. The van der Waals surface area contributed by atoms with E-state index in [-0.39, 0.29) is 77.1 Å². The van der Waals surface area contributed by atoms with Gasteiger partial charge in [-0.25, -0.2) is 45.2 Å². The van der Waals surface area contributed by atoms with E-state index in [9.17, 15) is 30.4 Å². The predicted octanol–water partition coefficient (Wildman–Crippen LogP) is 7.91. The Labute approximate surface area is 394 Å². The number of anilines is 1. The van der Waals surface area contributed by atoms with E-state index < -0.39 is 34.8 Å². The van der Waals surface area contributed by atoms with Crippen LogP contribution in [0.1, 0.15) is 65.0 Å². The second-order valence-corrected chi connectivity index (χ2v) is 24.5. The minimum atomic E-state index is -3.99. The first-order valence-corrected chi connectivity index (χ1v) is 25.9. The maximum absolute atomic E-state index is 13.3. The Morgan fingerprint density at radius 1 is 0.615 bits per heavy atom. The number of nitrogens with two attached hydrogens (primary N) is 1. The highest BCUT2D eigenvalue weighted by molar-refractivity contribution is 8.14. The number of phenols is 1. The molecule has 3 aromatic carbocycles. The maximum atomic E-state index is 13.3. The van der Waals surface area contributed by atoms with Gasteiger partial charge in [-0.15, -0.1) is 0 Å². The minimum absolute atomic E-state index is 0.0223. The molecule has 3 N–H and O–H groups in total. The third kappa shape index (κ3) is 9.71. The van der Waals surface area contributed by atoms with Crippen LogP contribution >= 0.6 is 45.5 Å². The van der Waals surface area contributed by atoms with Crippen molar-refractivity contribution in [1.29, 1.82) is 0 Å². The second kappa shape index (κ2) is 17.6. The van der Waals surface area contributed by atoms with Gasteiger partial charge in [0, 0.05) is 72.5 Å². The Bertz CT molecular complexity index is 3300. The highest BCUT2D eigenvalue weighted by Gasteiger charge is 2.36. The Morgan fingerprint density at radius 2 is 1.02 bits per heavy atom. The fourth-order valence-corrected chi connectivity index (χ4v) is 12.5. The normalized spacial score (nSPS) is 15.2. The van der Waals surface area contributed by atoms with E-state index >= 15 is 0 Å². The summed E-state index contributed by atoms with van der Waals surface area (Å²) in [6.45, 7) is 13.6. The number of aromatic hydroxyl groups is 1. The van der Waals surface area contributed by atoms with E-state index in [1.807, 2.05) is 56.9 Å². The standard InChI is InChI=1S/C17H19ClN4O3S.C12H13ClN4O3S.C11H11Cl2NO3S/c1-17(2,3)16-20-12-5-4-11(18)15(14(12)25-16)26(23,24)22-9-8-21-7-6-19-13(21)10-22;13-8-1-2-9(14)11(18)12(8)21(19,20)17-6-5-16-4-3-15-10(16)7-17;1-11(2,3)10-14-7-5-4-6(12)9(8(7)17-10)18(13,15)16/h4-7H,8-10H2,1-3H3;1-4,18H,5-7,14H2;4-5H,1-3H3. The second-order valence-electron chi connectivity index (χ2n) is 17.0. The minimum Gasteiger partial charge on any atom is -0.504 e. The fraction of sp³-hybridized carbons (Fsp3) is 0.350. The summed E-state index contributed by atoms with van der Waals surface area (Å²) in [7, 11) is -6.43. The van der Waals surface area contributed by atoms with Gasteiger partial charge in [0.05, 0.1) is 33.8 Å². The van der Waals surface area contributed by atoms with Gasteiger partial charge in [0.1, 0.15) is 37.4 Å². The van der Waals surface area contributed by atoms with E-state index in [1.165, 1.54) is 26.8 Å². The number of fused-ring (bicyclic) bond motifs is 4. The summed E-state index contributed by atoms with van der Waals surface area (Å²) in [5.74, 6) is 1.73. The lowest BCUT2D eigenvalue weighted by Gasteiger charge is -2.27. The van der Waals surface area contributed by atoms with Gasteiger partial charge in [-0.1, -0.05) is 76.3 Å². The third-order valence-electron chi connectivity index (χ3n) is 10.2. The van der Waals surface area contributed by atoms with Crippen molar-refractivity contribution < 1.29 is 39.2 Å². The van der Waals surface area contributed by atoms with Crippen LogP contribution in [0.4, 0.5) is 5.69 Å². The van der Waals surface area contributed by atoms with Gasteiger partial charge in [-0.3, -0.25) is 0 Å². The number of rotatable bonds is 5. The summed E-state index contributed by atoms with van der Waals surface area (Å²) in [6, 6.07) is 8.99. The van der Waals surface area contributed by atoms with Gasteiger partial charge in [0.2, 0.25) is 31.8 Å². The third-order valence-corrected chi connectivity index (χ3v) is 16.7. The van der Waals surface area contributed by atoms with Crippen LogP contribution in [0.2, 0.25) is 15.1 Å². The largest absolute Gasteiger partial charge is 0.504 e. The number of aromatic nitrogens is 6. The fourth-order valence-electron chi connectivity index (χ4n) is 6.78. The molecule has 2 aliphatic heterocycles. The molecule has 0 atom stereocenters. The van der Waals surface area contributed by atoms with Crippen LogP contribution in [0.15, 0.2) is 84.7 Å². The highest BCUT2D eigenvalue weighted by Crippen LogP contribution is 2.39. The zero-order chi connectivity index (χ0) is 47.6. The molecule has 0 saturated carbocycles. The monoisotopic (exact) mass is 1030 g/mol. The van der Waals surface area contributed by atoms with E-state index in [4.69, 9.17) is 60.1 Å². The molecule has 18 nitrogen and oxygen atoms in total. The Kier molecular flexibility index (Phi) is 13.2. The molecule has 0 fully saturated rings. The van der Waals surface area contributed by atoms with Crippen LogP contribution < -0.4 is 5.73 Å². The van der Waals surface area contributed by atoms with Crippen LogP contribution in [0, 0.1) is 0 Å². The van der Waals surface area contributed by atoms with Crippen molar-refractivity contribution in [3.8, 4) is 5.75 Å². The topological polar surface area (TPSA) is 243 Å². The van der Waals surface area contributed by atoms with Crippen molar-refractivity contribution in [3.05, 3.63) is 99.7 Å². The Hall–Kier alpha value is -4.45. The maximum Gasteiger partial charge on any atom is 0.266 e. The number of sulfonamides is 2. The highest BCUT2D eigenvalue weighted by atomic mass is 35.7. The van der Waals surface area contributed by atoms with Crippen molar-refractivity contribution in [2.24, 2.45) is 0 Å². The molecule has 348 valence electrons. The first-order valence-electron chi connectivity index (χ1n) is 19.6. The molecule has 0 saturated heterocycles. The molecule has 0 unspecified atom stereocenters. The quantitative estimate of drug-likeness (QED) is 0.0946. The number of hydrogen-bond donors (Lipinski definition) is 2. The molecule has 6 heterocycles. The van der Waals surface area contributed by atoms with Crippen molar-refractivity contribution in [2.75, 3.05) is 18.8 Å². The number of nitrogens with zero attached hydrogens (tertiary/aromatic N) is 8. The van der Waals surface area contributed by atoms with E-state index in [0.29, 0.717) is 54.1 Å². The lowest BCUT2D eigenvalue weighted by molar-refractivity contribution is 0.333. The van der Waals surface area contributed by atoms with Crippen molar-refractivity contribution in [2.45, 2.75) is 93.2 Å². The first-order chi connectivity index (χ1) is 30.2. The van der Waals surface area contributed by atoms with Gasteiger partial charge in [0.15, 0.2) is 16.9 Å². The van der Waals surface area contributed by atoms with Crippen molar-refractivity contribution >= 4 is 102 Å². The molecule has 0 spiro atoms. The smallest absolute Gasteiger partial charge is 0.266 e. The SMILES string of the molecule is CC(C)(C)c1nc2ccc(Cl)c(S(=O)(=O)Cl)c2o1.CC(C)(C)c1nc2ccc(Cl)c(S(=O)(=O)N3CCn4ccnc4C3)c2o1.Nc1ccc(Cl)c(S(=O)(=O)N2CCn3ccnc3C2)c1O. The predicted molar refractivity (Wildman–Crippen MR) is 246 cm³/mol. The van der Waals surface area contributed by atoms with E-state index in [0.717, 1.165) is 0 Å². The first kappa shape index (κ1) is 48.5. The summed E-state index contributed by atoms with van der Waals surface area (Å²) >= 11 is 18.1. The summed E-state index contributed by atoms with van der Waals surface area (Å²) in [6.07, 6.45) is 6.94. The number of nitrogen functional groups attached to an aromatic ring is 1. The average molecular weight is 1030 g/mol. The lowest BCUT2D eigenvalue weighted by atomic mass is 9.97. The van der Waals surface area contributed by atoms with Crippen molar-refractivity contribution in [1.82, 2.24) is 37.7 Å². The van der Waals surface area contributed by atoms with Crippen LogP contribution in [0.3, 0.4) is 0 Å². The Balaban J connectivity index is 0.000000148. The number of oxazole rings is 2. The number of benzene rings is 3. The Morgan fingerprint density at radius 3 is 1.46 bits per heavy atom. The molecule has 65 heavy (non-hydrogen) atoms. The van der Waals surface area contributed by atoms with Gasteiger partial charge < -0.3 is 28.8 Å². The van der Waals surface area contributed by atoms with Crippen LogP contribution in [-0.4, -0.2) is 81.1 Å². The van der Waals surface area contributed by atoms with Gasteiger partial charge in [-0.05, 0) is 36.4 Å². The van der Waals surface area contributed by atoms with Gasteiger partial charge in [0.25, 0.3) is 9.05 Å². The van der Waals surface area contributed by atoms with Gasteiger partial charge >= 0.3 is 0 Å². The number of imidazole rings is 2. The molecule has 9 rings (SSSR count).